The zero-order valence-corrected chi connectivity index (χ0v) is 15.7. The summed E-state index contributed by atoms with van der Waals surface area (Å²) in [5.41, 5.74) is 3.23. The van der Waals surface area contributed by atoms with Crippen LogP contribution in [0.3, 0.4) is 0 Å². The Kier molecular flexibility index (Phi) is 4.57. The molecule has 8 nitrogen and oxygen atoms in total. The zero-order valence-electron chi connectivity index (χ0n) is 15.7. The highest BCUT2D eigenvalue weighted by molar-refractivity contribution is 5.83. The Morgan fingerprint density at radius 1 is 1.03 bits per heavy atom. The highest BCUT2D eigenvalue weighted by Gasteiger charge is 2.12. The van der Waals surface area contributed by atoms with Crippen molar-refractivity contribution in [3.63, 3.8) is 0 Å². The van der Waals surface area contributed by atoms with Crippen LogP contribution >= 0.6 is 0 Å². The minimum atomic E-state index is 0.416. The molecule has 0 fully saturated rings. The summed E-state index contributed by atoms with van der Waals surface area (Å²) in [5, 5.41) is 15.8. The first-order valence-corrected chi connectivity index (χ1v) is 9.50. The lowest BCUT2D eigenvalue weighted by molar-refractivity contribution is 0.171. The van der Waals surface area contributed by atoms with Crippen LogP contribution in [0.15, 0.2) is 54.9 Å². The van der Waals surface area contributed by atoms with Gasteiger partial charge in [-0.2, -0.15) is 10.1 Å². The summed E-state index contributed by atoms with van der Waals surface area (Å²) in [5.74, 6) is 2.54. The molecule has 2 aromatic heterocycles. The van der Waals surface area contributed by atoms with Crippen LogP contribution in [0.2, 0.25) is 0 Å². The van der Waals surface area contributed by atoms with Crippen LogP contribution in [-0.2, 0) is 6.42 Å². The monoisotopic (exact) mass is 388 g/mol. The fourth-order valence-corrected chi connectivity index (χ4v) is 3.36. The summed E-state index contributed by atoms with van der Waals surface area (Å²) in [6.45, 7) is 1.85. The molecule has 4 aromatic rings. The smallest absolute Gasteiger partial charge is 0.249 e. The molecule has 146 valence electrons. The molecule has 0 saturated carbocycles. The van der Waals surface area contributed by atoms with Gasteiger partial charge in [-0.1, -0.05) is 18.2 Å². The molecule has 0 saturated heterocycles. The van der Waals surface area contributed by atoms with Crippen molar-refractivity contribution < 1.29 is 9.47 Å². The lowest BCUT2D eigenvalue weighted by Crippen LogP contribution is -2.15. The SMILES string of the molecule is c1ccc2c(CCNc3cnnc(Nc4ccc5c(c4)OCCO5)n3)c[nH]c2c1. The van der Waals surface area contributed by atoms with E-state index in [0.717, 1.165) is 29.9 Å². The fraction of sp³-hybridized carbons (Fsp3) is 0.190. The molecule has 0 radical (unpaired) electrons. The number of nitrogens with zero attached hydrogens (tertiary/aromatic N) is 3. The maximum Gasteiger partial charge on any atom is 0.249 e. The number of H-pyrrole nitrogens is 1. The summed E-state index contributed by atoms with van der Waals surface area (Å²) < 4.78 is 11.1. The largest absolute Gasteiger partial charge is 0.486 e. The summed E-state index contributed by atoms with van der Waals surface area (Å²) in [4.78, 5) is 7.79. The van der Waals surface area contributed by atoms with Gasteiger partial charge >= 0.3 is 0 Å². The van der Waals surface area contributed by atoms with E-state index in [4.69, 9.17) is 9.47 Å². The van der Waals surface area contributed by atoms with Gasteiger partial charge in [0.1, 0.15) is 13.2 Å². The third-order valence-electron chi connectivity index (χ3n) is 4.73. The standard InChI is InChI=1S/C21H20N6O2/c1-2-4-17-16(3-1)14(12-23-17)7-8-22-20-13-24-27-21(26-20)25-15-5-6-18-19(11-15)29-10-9-28-18/h1-6,11-13,23H,7-10H2,(H2,22,25,26,27). The van der Waals surface area contributed by atoms with E-state index >= 15 is 0 Å². The molecule has 29 heavy (non-hydrogen) atoms. The Labute approximate surface area is 167 Å². The second-order valence-corrected chi connectivity index (χ2v) is 6.68. The van der Waals surface area contributed by atoms with Crippen LogP contribution in [0.1, 0.15) is 5.56 Å². The zero-order chi connectivity index (χ0) is 19.5. The van der Waals surface area contributed by atoms with E-state index < -0.39 is 0 Å². The third-order valence-corrected chi connectivity index (χ3v) is 4.73. The summed E-state index contributed by atoms with van der Waals surface area (Å²) >= 11 is 0. The predicted octanol–water partition coefficient (Wildman–Crippen LogP) is 3.52. The Balaban J connectivity index is 1.23. The Morgan fingerprint density at radius 2 is 1.93 bits per heavy atom. The van der Waals surface area contributed by atoms with Gasteiger partial charge in [0.15, 0.2) is 17.3 Å². The van der Waals surface area contributed by atoms with Crippen LogP contribution in [-0.4, -0.2) is 39.9 Å². The van der Waals surface area contributed by atoms with Crippen molar-refractivity contribution in [1.29, 1.82) is 0 Å². The number of hydrogen-bond acceptors (Lipinski definition) is 7. The number of rotatable bonds is 6. The van der Waals surface area contributed by atoms with Crippen LogP contribution < -0.4 is 20.1 Å². The average Bonchev–Trinajstić information content (AvgIpc) is 3.17. The van der Waals surface area contributed by atoms with Crippen molar-refractivity contribution in [1.82, 2.24) is 20.2 Å². The molecule has 0 unspecified atom stereocenters. The maximum atomic E-state index is 5.61. The van der Waals surface area contributed by atoms with Gasteiger partial charge in [0.05, 0.1) is 6.20 Å². The van der Waals surface area contributed by atoms with Crippen molar-refractivity contribution >= 4 is 28.4 Å². The quantitative estimate of drug-likeness (QED) is 0.465. The van der Waals surface area contributed by atoms with Crippen molar-refractivity contribution in [2.24, 2.45) is 0 Å². The topological polar surface area (TPSA) is 97.0 Å². The van der Waals surface area contributed by atoms with Crippen LogP contribution in [0, 0.1) is 0 Å². The van der Waals surface area contributed by atoms with Crippen molar-refractivity contribution in [3.8, 4) is 11.5 Å². The summed E-state index contributed by atoms with van der Waals surface area (Å²) in [6, 6.07) is 13.9. The van der Waals surface area contributed by atoms with Gasteiger partial charge < -0.3 is 25.1 Å². The highest BCUT2D eigenvalue weighted by atomic mass is 16.6. The molecule has 1 aliphatic rings. The molecular weight excluding hydrogens is 368 g/mol. The van der Waals surface area contributed by atoms with Gasteiger partial charge in [0.25, 0.3) is 0 Å². The summed E-state index contributed by atoms with van der Waals surface area (Å²) in [6.07, 6.45) is 4.54. The Morgan fingerprint density at radius 3 is 2.90 bits per heavy atom. The second-order valence-electron chi connectivity index (χ2n) is 6.68. The molecule has 0 bridgehead atoms. The molecule has 0 amide bonds. The molecule has 3 heterocycles. The van der Waals surface area contributed by atoms with E-state index in [1.165, 1.54) is 10.9 Å². The van der Waals surface area contributed by atoms with Gasteiger partial charge in [-0.05, 0) is 30.2 Å². The molecular formula is C21H20N6O2. The normalized spacial score (nSPS) is 12.7. The molecule has 3 N–H and O–H groups in total. The first kappa shape index (κ1) is 17.3. The lowest BCUT2D eigenvalue weighted by atomic mass is 10.1. The number of benzene rings is 2. The lowest BCUT2D eigenvalue weighted by Gasteiger charge is -2.18. The Bertz CT molecular complexity index is 1140. The molecule has 1 aliphatic heterocycles. The number of fused-ring (bicyclic) bond motifs is 2. The minimum absolute atomic E-state index is 0.416. The van der Waals surface area contributed by atoms with Gasteiger partial charge in [-0.15, -0.1) is 5.10 Å². The fourth-order valence-electron chi connectivity index (χ4n) is 3.36. The van der Waals surface area contributed by atoms with Gasteiger partial charge in [0.2, 0.25) is 5.95 Å². The van der Waals surface area contributed by atoms with Crippen molar-refractivity contribution in [2.75, 3.05) is 30.4 Å². The molecule has 0 spiro atoms. The summed E-state index contributed by atoms with van der Waals surface area (Å²) in [7, 11) is 0. The maximum absolute atomic E-state index is 5.61. The molecule has 0 atom stereocenters. The van der Waals surface area contributed by atoms with E-state index in [9.17, 15) is 0 Å². The highest BCUT2D eigenvalue weighted by Crippen LogP contribution is 2.33. The van der Waals surface area contributed by atoms with E-state index in [1.54, 1.807) is 6.20 Å². The molecule has 0 aliphatic carbocycles. The van der Waals surface area contributed by atoms with E-state index in [2.05, 4.69) is 55.2 Å². The average molecular weight is 388 g/mol. The number of aromatic nitrogens is 4. The number of hydrogen-bond donors (Lipinski definition) is 3. The van der Waals surface area contributed by atoms with Gasteiger partial charge in [0, 0.05) is 35.4 Å². The first-order chi connectivity index (χ1) is 14.3. The molecule has 5 rings (SSSR count). The van der Waals surface area contributed by atoms with Gasteiger partial charge in [-0.3, -0.25) is 0 Å². The number of nitrogens with one attached hydrogen (secondary N) is 3. The number of ether oxygens (including phenoxy) is 2. The Hall–Kier alpha value is -3.81. The van der Waals surface area contributed by atoms with E-state index in [1.807, 2.05) is 24.3 Å². The van der Waals surface area contributed by atoms with Crippen LogP contribution in [0.5, 0.6) is 11.5 Å². The van der Waals surface area contributed by atoms with Crippen molar-refractivity contribution in [2.45, 2.75) is 6.42 Å². The molecule has 8 heteroatoms. The van der Waals surface area contributed by atoms with Crippen LogP contribution in [0.4, 0.5) is 17.5 Å². The number of anilines is 3. The van der Waals surface area contributed by atoms with E-state index in [-0.39, 0.29) is 0 Å². The number of aromatic amines is 1. The van der Waals surface area contributed by atoms with Crippen molar-refractivity contribution in [3.05, 3.63) is 60.4 Å². The minimum Gasteiger partial charge on any atom is -0.486 e. The predicted molar refractivity (Wildman–Crippen MR) is 111 cm³/mol. The third kappa shape index (κ3) is 3.77. The first-order valence-electron chi connectivity index (χ1n) is 9.50. The van der Waals surface area contributed by atoms with Crippen LogP contribution in [0.25, 0.3) is 10.9 Å². The second kappa shape index (κ2) is 7.67. The molecule has 2 aromatic carbocycles. The van der Waals surface area contributed by atoms with E-state index in [0.29, 0.717) is 30.7 Å². The van der Waals surface area contributed by atoms with Gasteiger partial charge in [-0.25, -0.2) is 0 Å². The number of para-hydroxylation sites is 1.